The van der Waals surface area contributed by atoms with Crippen molar-refractivity contribution in [2.45, 2.75) is 25.3 Å². The van der Waals surface area contributed by atoms with Crippen molar-refractivity contribution in [1.29, 1.82) is 0 Å². The van der Waals surface area contributed by atoms with Crippen molar-refractivity contribution in [3.63, 3.8) is 0 Å². The van der Waals surface area contributed by atoms with Gasteiger partial charge in [0.15, 0.2) is 0 Å². The molecule has 24 heavy (non-hydrogen) atoms. The summed E-state index contributed by atoms with van der Waals surface area (Å²) in [7, 11) is 1.86. The van der Waals surface area contributed by atoms with Gasteiger partial charge in [0.25, 0.3) is 0 Å². The molecule has 3 heteroatoms. The second-order valence-corrected chi connectivity index (χ2v) is 5.93. The first-order valence-corrected chi connectivity index (χ1v) is 8.45. The highest BCUT2D eigenvalue weighted by atomic mass is 14.9. The fourth-order valence-electron chi connectivity index (χ4n) is 2.89. The van der Waals surface area contributed by atoms with Gasteiger partial charge in [-0.05, 0) is 36.1 Å². The number of rotatable bonds is 4. The van der Waals surface area contributed by atoms with Crippen LogP contribution in [0.25, 0.3) is 5.57 Å². The Morgan fingerprint density at radius 2 is 2.08 bits per heavy atom. The van der Waals surface area contributed by atoms with Crippen molar-refractivity contribution in [3.05, 3.63) is 65.9 Å². The van der Waals surface area contributed by atoms with Gasteiger partial charge >= 0.3 is 0 Å². The number of nitrogens with one attached hydrogen (secondary N) is 2. The van der Waals surface area contributed by atoms with E-state index in [0.29, 0.717) is 6.04 Å². The molecule has 0 aliphatic carbocycles. The number of hydrogen-bond acceptors (Lipinski definition) is 3. The zero-order valence-corrected chi connectivity index (χ0v) is 14.0. The van der Waals surface area contributed by atoms with Crippen LogP contribution in [0.4, 0.5) is 5.82 Å². The molecule has 0 saturated heterocycles. The zero-order valence-electron chi connectivity index (χ0n) is 14.0. The monoisotopic (exact) mass is 317 g/mol. The van der Waals surface area contributed by atoms with Crippen LogP contribution in [-0.2, 0) is 0 Å². The van der Waals surface area contributed by atoms with E-state index in [-0.39, 0.29) is 0 Å². The highest BCUT2D eigenvalue weighted by Crippen LogP contribution is 2.23. The van der Waals surface area contributed by atoms with Crippen LogP contribution < -0.4 is 10.6 Å². The van der Waals surface area contributed by atoms with Gasteiger partial charge in [-0.15, -0.1) is 0 Å². The maximum absolute atomic E-state index is 4.28. The predicted molar refractivity (Wildman–Crippen MR) is 101 cm³/mol. The maximum Gasteiger partial charge on any atom is 0.125 e. The van der Waals surface area contributed by atoms with Gasteiger partial charge in [0.2, 0.25) is 0 Å². The van der Waals surface area contributed by atoms with E-state index in [0.717, 1.165) is 37.2 Å². The minimum absolute atomic E-state index is 0.504. The largest absolute Gasteiger partial charge is 0.373 e. The third-order valence-corrected chi connectivity index (χ3v) is 4.24. The van der Waals surface area contributed by atoms with Gasteiger partial charge in [-0.2, -0.15) is 0 Å². The highest BCUT2D eigenvalue weighted by Gasteiger charge is 2.14. The van der Waals surface area contributed by atoms with E-state index < -0.39 is 0 Å². The maximum atomic E-state index is 4.28. The summed E-state index contributed by atoms with van der Waals surface area (Å²) >= 11 is 0. The lowest BCUT2D eigenvalue weighted by atomic mass is 9.93. The Hall–Kier alpha value is -2.57. The SMILES string of the molecule is CNc1ccc(C#CCCC2CC(c3ccccc3)=CCN2)cn1. The van der Waals surface area contributed by atoms with Crippen LogP contribution in [0.3, 0.4) is 0 Å². The number of benzene rings is 1. The van der Waals surface area contributed by atoms with Crippen molar-refractivity contribution >= 4 is 11.4 Å². The Labute approximate surface area is 144 Å². The molecule has 1 unspecified atom stereocenters. The van der Waals surface area contributed by atoms with Crippen LogP contribution in [0.1, 0.15) is 30.4 Å². The third-order valence-electron chi connectivity index (χ3n) is 4.24. The second kappa shape index (κ2) is 8.33. The smallest absolute Gasteiger partial charge is 0.125 e. The van der Waals surface area contributed by atoms with Gasteiger partial charge in [-0.3, -0.25) is 0 Å². The lowest BCUT2D eigenvalue weighted by molar-refractivity contribution is 0.508. The Kier molecular flexibility index (Phi) is 5.65. The molecular weight excluding hydrogens is 294 g/mol. The first-order chi connectivity index (χ1) is 11.8. The first kappa shape index (κ1) is 16.3. The molecule has 0 fully saturated rings. The molecular formula is C21H23N3. The molecule has 3 nitrogen and oxygen atoms in total. The van der Waals surface area contributed by atoms with Crippen LogP contribution in [0.5, 0.6) is 0 Å². The zero-order chi connectivity index (χ0) is 16.6. The number of aromatic nitrogens is 1. The number of hydrogen-bond donors (Lipinski definition) is 2. The summed E-state index contributed by atoms with van der Waals surface area (Å²) in [6.45, 7) is 0.942. The third kappa shape index (κ3) is 4.47. The van der Waals surface area contributed by atoms with Crippen molar-refractivity contribution in [3.8, 4) is 11.8 Å². The average molecular weight is 317 g/mol. The van der Waals surface area contributed by atoms with Gasteiger partial charge in [-0.25, -0.2) is 4.98 Å². The predicted octanol–water partition coefficient (Wildman–Crippen LogP) is 3.70. The van der Waals surface area contributed by atoms with E-state index in [2.05, 4.69) is 63.9 Å². The molecule has 2 heterocycles. The molecule has 2 aromatic rings. The van der Waals surface area contributed by atoms with Gasteiger partial charge in [0.05, 0.1) is 0 Å². The van der Waals surface area contributed by atoms with Crippen molar-refractivity contribution < 1.29 is 0 Å². The summed E-state index contributed by atoms with van der Waals surface area (Å²) in [6, 6.07) is 15.1. The van der Waals surface area contributed by atoms with Gasteiger partial charge in [-0.1, -0.05) is 48.2 Å². The van der Waals surface area contributed by atoms with Crippen LogP contribution in [0.2, 0.25) is 0 Å². The summed E-state index contributed by atoms with van der Waals surface area (Å²) < 4.78 is 0. The molecule has 1 aromatic carbocycles. The van der Waals surface area contributed by atoms with Crippen LogP contribution in [0, 0.1) is 11.8 Å². The van der Waals surface area contributed by atoms with Crippen molar-refractivity contribution in [1.82, 2.24) is 10.3 Å². The standard InChI is InChI=1S/C21H23N3/c1-22-21-12-11-17(16-24-21)7-5-6-10-20-15-19(13-14-23-20)18-8-3-2-4-9-18/h2-4,8-9,11-13,16,20,23H,6,10,14-15H2,1H3,(H,22,24). The van der Waals surface area contributed by atoms with Crippen LogP contribution in [0.15, 0.2) is 54.7 Å². The lowest BCUT2D eigenvalue weighted by Gasteiger charge is -2.24. The summed E-state index contributed by atoms with van der Waals surface area (Å²) in [5, 5.41) is 6.58. The molecule has 0 radical (unpaired) electrons. The molecule has 0 saturated carbocycles. The molecule has 0 bridgehead atoms. The fraction of sp³-hybridized carbons (Fsp3) is 0.286. The van der Waals surface area contributed by atoms with E-state index in [4.69, 9.17) is 0 Å². The Morgan fingerprint density at radius 3 is 2.83 bits per heavy atom. The van der Waals surface area contributed by atoms with Gasteiger partial charge in [0.1, 0.15) is 5.82 Å². The number of nitrogens with zero attached hydrogens (tertiary/aromatic N) is 1. The van der Waals surface area contributed by atoms with E-state index in [1.807, 2.05) is 25.4 Å². The first-order valence-electron chi connectivity index (χ1n) is 8.45. The molecule has 0 spiro atoms. The minimum atomic E-state index is 0.504. The lowest BCUT2D eigenvalue weighted by Crippen LogP contribution is -2.32. The fourth-order valence-corrected chi connectivity index (χ4v) is 2.89. The number of anilines is 1. The summed E-state index contributed by atoms with van der Waals surface area (Å²) in [4.78, 5) is 4.28. The average Bonchev–Trinajstić information content (AvgIpc) is 2.67. The normalized spacial score (nSPS) is 16.7. The Morgan fingerprint density at radius 1 is 1.21 bits per heavy atom. The van der Waals surface area contributed by atoms with E-state index in [1.54, 1.807) is 0 Å². The highest BCUT2D eigenvalue weighted by molar-refractivity contribution is 5.66. The molecule has 0 amide bonds. The van der Waals surface area contributed by atoms with Crippen molar-refractivity contribution in [2.24, 2.45) is 0 Å². The molecule has 2 N–H and O–H groups in total. The second-order valence-electron chi connectivity index (χ2n) is 5.93. The Balaban J connectivity index is 1.51. The molecule has 1 aliphatic heterocycles. The van der Waals surface area contributed by atoms with Gasteiger partial charge < -0.3 is 10.6 Å². The minimum Gasteiger partial charge on any atom is -0.373 e. The van der Waals surface area contributed by atoms with Gasteiger partial charge in [0, 0.05) is 37.8 Å². The summed E-state index contributed by atoms with van der Waals surface area (Å²) in [5.41, 5.74) is 3.75. The van der Waals surface area contributed by atoms with E-state index in [9.17, 15) is 0 Å². The van der Waals surface area contributed by atoms with Crippen molar-refractivity contribution in [2.75, 3.05) is 18.9 Å². The molecule has 1 atom stereocenters. The molecule has 1 aliphatic rings. The molecule has 122 valence electrons. The number of pyridine rings is 1. The van der Waals surface area contributed by atoms with Crippen LogP contribution >= 0.6 is 0 Å². The van der Waals surface area contributed by atoms with E-state index >= 15 is 0 Å². The van der Waals surface area contributed by atoms with E-state index in [1.165, 1.54) is 11.1 Å². The quantitative estimate of drug-likeness (QED) is 0.844. The Bertz CT molecular complexity index is 736. The topological polar surface area (TPSA) is 37.0 Å². The molecule has 1 aromatic heterocycles. The molecule has 3 rings (SSSR count). The summed E-state index contributed by atoms with van der Waals surface area (Å²) in [5.74, 6) is 7.33. The van der Waals surface area contributed by atoms with Crippen LogP contribution in [-0.4, -0.2) is 24.6 Å². The summed E-state index contributed by atoms with van der Waals surface area (Å²) in [6.07, 6.45) is 7.15.